The Bertz CT molecular complexity index is 486. The van der Waals surface area contributed by atoms with Gasteiger partial charge in [-0.15, -0.1) is 0 Å². The topological polar surface area (TPSA) is 57.6 Å². The summed E-state index contributed by atoms with van der Waals surface area (Å²) in [6, 6.07) is 0. The van der Waals surface area contributed by atoms with Gasteiger partial charge < -0.3 is 10.0 Å². The van der Waals surface area contributed by atoms with E-state index in [9.17, 15) is 9.59 Å². The first kappa shape index (κ1) is 13.6. The summed E-state index contributed by atoms with van der Waals surface area (Å²) in [5.41, 5.74) is 0.220. The van der Waals surface area contributed by atoms with E-state index in [1.165, 1.54) is 19.3 Å². The molecule has 0 radical (unpaired) electrons. The highest BCUT2D eigenvalue weighted by Crippen LogP contribution is 2.65. The van der Waals surface area contributed by atoms with Crippen LogP contribution in [0.1, 0.15) is 51.9 Å². The molecule has 4 bridgehead atoms. The number of carboxylic acids is 1. The Hall–Kier alpha value is -1.06. The van der Waals surface area contributed by atoms with Crippen molar-refractivity contribution in [1.82, 2.24) is 4.90 Å². The lowest BCUT2D eigenvalue weighted by Gasteiger charge is -2.61. The number of hydrogen-bond acceptors (Lipinski definition) is 2. The third-order valence-corrected chi connectivity index (χ3v) is 6.63. The van der Waals surface area contributed by atoms with Crippen LogP contribution in [0.15, 0.2) is 0 Å². The Morgan fingerprint density at radius 2 is 1.81 bits per heavy atom. The van der Waals surface area contributed by atoms with Gasteiger partial charge in [-0.3, -0.25) is 9.59 Å². The fourth-order valence-corrected chi connectivity index (χ4v) is 6.45. The van der Waals surface area contributed by atoms with Crippen LogP contribution in [0.4, 0.5) is 0 Å². The van der Waals surface area contributed by atoms with Crippen molar-refractivity contribution in [3.05, 3.63) is 0 Å². The number of carboxylic acid groups (broad SMARTS) is 1. The summed E-state index contributed by atoms with van der Waals surface area (Å²) >= 11 is 0. The molecule has 5 fully saturated rings. The van der Waals surface area contributed by atoms with Gasteiger partial charge in [0.25, 0.3) is 0 Å². The van der Waals surface area contributed by atoms with Crippen molar-refractivity contribution in [3.63, 3.8) is 0 Å². The van der Waals surface area contributed by atoms with Crippen LogP contribution < -0.4 is 0 Å². The van der Waals surface area contributed by atoms with Crippen LogP contribution >= 0.6 is 0 Å². The molecule has 21 heavy (non-hydrogen) atoms. The third-order valence-electron chi connectivity index (χ3n) is 6.63. The van der Waals surface area contributed by atoms with Crippen molar-refractivity contribution in [1.29, 1.82) is 0 Å². The molecule has 1 N–H and O–H groups in total. The van der Waals surface area contributed by atoms with Gasteiger partial charge in [-0.2, -0.15) is 0 Å². The largest absolute Gasteiger partial charge is 0.481 e. The average molecular weight is 291 g/mol. The van der Waals surface area contributed by atoms with Gasteiger partial charge in [0.2, 0.25) is 5.91 Å². The average Bonchev–Trinajstić information content (AvgIpc) is 2.84. The van der Waals surface area contributed by atoms with Crippen LogP contribution in [0, 0.1) is 28.6 Å². The Morgan fingerprint density at radius 3 is 2.33 bits per heavy atom. The first-order valence-electron chi connectivity index (χ1n) is 8.41. The number of carbonyl (C=O) groups excluding carboxylic acids is 1. The molecule has 0 spiro atoms. The van der Waals surface area contributed by atoms with Gasteiger partial charge >= 0.3 is 5.97 Å². The zero-order chi connectivity index (χ0) is 14.8. The van der Waals surface area contributed by atoms with Crippen molar-refractivity contribution in [3.8, 4) is 0 Å². The van der Waals surface area contributed by atoms with E-state index in [0.717, 1.165) is 31.1 Å². The maximum Gasteiger partial charge on any atom is 0.308 e. The summed E-state index contributed by atoms with van der Waals surface area (Å²) in [4.78, 5) is 26.1. The number of carbonyl (C=O) groups is 2. The molecule has 5 rings (SSSR count). The molecular weight excluding hydrogens is 266 g/mol. The fourth-order valence-electron chi connectivity index (χ4n) is 6.45. The number of aliphatic carboxylic acids is 1. The smallest absolute Gasteiger partial charge is 0.308 e. The van der Waals surface area contributed by atoms with Gasteiger partial charge in [-0.25, -0.2) is 0 Å². The molecule has 1 heterocycles. The second-order valence-electron chi connectivity index (χ2n) is 8.63. The summed E-state index contributed by atoms with van der Waals surface area (Å²) < 4.78 is 0. The molecule has 0 aromatic carbocycles. The lowest BCUT2D eigenvalue weighted by molar-refractivity contribution is -0.165. The van der Waals surface area contributed by atoms with Gasteiger partial charge in [0, 0.05) is 13.1 Å². The standard InChI is InChI=1S/C17H25NO3/c1-16-5-11-4-12(6-16)8-17(7-11,10-16)15(21)18-3-2-13(9-18)14(19)20/h11-13H,2-10H2,1H3,(H,19,20). The highest BCUT2D eigenvalue weighted by molar-refractivity contribution is 5.84. The molecule has 1 amide bonds. The lowest BCUT2D eigenvalue weighted by atomic mass is 9.44. The quantitative estimate of drug-likeness (QED) is 0.850. The summed E-state index contributed by atoms with van der Waals surface area (Å²) in [6.07, 6.45) is 7.72. The fraction of sp³-hybridized carbons (Fsp3) is 0.882. The Labute approximate surface area is 125 Å². The normalized spacial score (nSPS) is 47.9. The first-order chi connectivity index (χ1) is 9.89. The zero-order valence-electron chi connectivity index (χ0n) is 12.8. The molecular formula is C17H25NO3. The molecule has 3 unspecified atom stereocenters. The highest BCUT2D eigenvalue weighted by Gasteiger charge is 2.59. The van der Waals surface area contributed by atoms with Crippen molar-refractivity contribution >= 4 is 11.9 Å². The molecule has 4 aliphatic carbocycles. The zero-order valence-corrected chi connectivity index (χ0v) is 12.8. The van der Waals surface area contributed by atoms with Gasteiger partial charge in [0.1, 0.15) is 0 Å². The molecule has 3 atom stereocenters. The molecule has 4 heteroatoms. The van der Waals surface area contributed by atoms with E-state index in [2.05, 4.69) is 6.92 Å². The number of amides is 1. The number of hydrogen-bond donors (Lipinski definition) is 1. The number of nitrogens with zero attached hydrogens (tertiary/aromatic N) is 1. The van der Waals surface area contributed by atoms with E-state index in [-0.39, 0.29) is 17.2 Å². The van der Waals surface area contributed by atoms with Crippen molar-refractivity contribution < 1.29 is 14.7 Å². The van der Waals surface area contributed by atoms with Crippen LogP contribution in [-0.2, 0) is 9.59 Å². The van der Waals surface area contributed by atoms with E-state index in [1.54, 1.807) is 0 Å². The third kappa shape index (κ3) is 2.01. The summed E-state index contributed by atoms with van der Waals surface area (Å²) in [5, 5.41) is 9.15. The Kier molecular flexibility index (Phi) is 2.74. The predicted molar refractivity (Wildman–Crippen MR) is 77.5 cm³/mol. The van der Waals surface area contributed by atoms with Crippen LogP contribution in [0.25, 0.3) is 0 Å². The van der Waals surface area contributed by atoms with Crippen molar-refractivity contribution in [2.24, 2.45) is 28.6 Å². The van der Waals surface area contributed by atoms with Crippen molar-refractivity contribution in [2.45, 2.75) is 51.9 Å². The monoisotopic (exact) mass is 291 g/mol. The predicted octanol–water partition coefficient (Wildman–Crippen LogP) is 2.53. The first-order valence-corrected chi connectivity index (χ1v) is 8.41. The van der Waals surface area contributed by atoms with Crippen LogP contribution in [0.3, 0.4) is 0 Å². The van der Waals surface area contributed by atoms with Gasteiger partial charge in [-0.1, -0.05) is 6.92 Å². The maximum atomic E-state index is 13.1. The lowest BCUT2D eigenvalue weighted by Crippen LogP contribution is -2.57. The summed E-state index contributed by atoms with van der Waals surface area (Å²) in [6.45, 7) is 3.45. The van der Waals surface area contributed by atoms with Gasteiger partial charge in [0.05, 0.1) is 11.3 Å². The summed E-state index contributed by atoms with van der Waals surface area (Å²) in [5.74, 6) is 0.656. The van der Waals surface area contributed by atoms with Gasteiger partial charge in [-0.05, 0) is 62.2 Å². The second kappa shape index (κ2) is 4.23. The van der Waals surface area contributed by atoms with Crippen LogP contribution in [0.2, 0.25) is 0 Å². The second-order valence-corrected chi connectivity index (χ2v) is 8.63. The van der Waals surface area contributed by atoms with E-state index in [1.807, 2.05) is 4.90 Å². The highest BCUT2D eigenvalue weighted by atomic mass is 16.4. The number of rotatable bonds is 2. The van der Waals surface area contributed by atoms with E-state index in [4.69, 9.17) is 5.11 Å². The molecule has 0 aromatic rings. The molecule has 5 aliphatic rings. The minimum atomic E-state index is -0.747. The molecule has 1 saturated heterocycles. The van der Waals surface area contributed by atoms with E-state index in [0.29, 0.717) is 24.9 Å². The Balaban J connectivity index is 1.56. The minimum Gasteiger partial charge on any atom is -0.481 e. The maximum absolute atomic E-state index is 13.1. The molecule has 4 nitrogen and oxygen atoms in total. The Morgan fingerprint density at radius 1 is 1.14 bits per heavy atom. The van der Waals surface area contributed by atoms with Crippen LogP contribution in [-0.4, -0.2) is 35.0 Å². The van der Waals surface area contributed by atoms with Gasteiger partial charge in [0.15, 0.2) is 0 Å². The van der Waals surface area contributed by atoms with E-state index >= 15 is 0 Å². The van der Waals surface area contributed by atoms with Crippen molar-refractivity contribution in [2.75, 3.05) is 13.1 Å². The van der Waals surface area contributed by atoms with E-state index < -0.39 is 5.97 Å². The minimum absolute atomic E-state index is 0.147. The number of likely N-dealkylation sites (tertiary alicyclic amines) is 1. The molecule has 116 valence electrons. The SMILES string of the molecule is CC12CC3CC(C1)CC(C(=O)N1CCC(C(=O)O)C1)(C3)C2. The summed E-state index contributed by atoms with van der Waals surface area (Å²) in [7, 11) is 0. The van der Waals surface area contributed by atoms with Crippen LogP contribution in [0.5, 0.6) is 0 Å². The molecule has 4 saturated carbocycles. The molecule has 0 aromatic heterocycles. The molecule has 1 aliphatic heterocycles.